The number of ether oxygens (including phenoxy) is 1. The van der Waals surface area contributed by atoms with Crippen molar-refractivity contribution in [1.82, 2.24) is 5.32 Å². The van der Waals surface area contributed by atoms with E-state index in [0.717, 1.165) is 25.5 Å². The Morgan fingerprint density at radius 1 is 1.21 bits per heavy atom. The molecule has 1 amide bonds. The second-order valence-electron chi connectivity index (χ2n) is 5.74. The molecule has 1 unspecified atom stereocenters. The molecule has 136 valence electrons. The molecule has 1 aromatic rings. The van der Waals surface area contributed by atoms with Crippen molar-refractivity contribution in [3.8, 4) is 5.75 Å². The summed E-state index contributed by atoms with van der Waals surface area (Å²) >= 11 is 0. The van der Waals surface area contributed by atoms with E-state index in [1.165, 1.54) is 11.4 Å². The fraction of sp³-hybridized carbons (Fsp3) is 0.588. The second kappa shape index (κ2) is 9.52. The Kier molecular flexibility index (Phi) is 8.04. The lowest BCUT2D eigenvalue weighted by atomic mass is 10.2. The van der Waals surface area contributed by atoms with Crippen molar-refractivity contribution in [3.63, 3.8) is 0 Å². The highest BCUT2D eigenvalue weighted by Crippen LogP contribution is 2.21. The highest BCUT2D eigenvalue weighted by atomic mass is 32.2. The van der Waals surface area contributed by atoms with Crippen LogP contribution < -0.4 is 14.4 Å². The monoisotopic (exact) mass is 356 g/mol. The van der Waals surface area contributed by atoms with Crippen molar-refractivity contribution in [2.24, 2.45) is 0 Å². The summed E-state index contributed by atoms with van der Waals surface area (Å²) in [5.41, 5.74) is 0.543. The molecule has 0 saturated carbocycles. The molecular formula is C17H28N2O4S. The van der Waals surface area contributed by atoms with Crippen molar-refractivity contribution in [2.45, 2.75) is 45.6 Å². The van der Waals surface area contributed by atoms with Crippen LogP contribution in [0.25, 0.3) is 0 Å². The zero-order valence-electron chi connectivity index (χ0n) is 14.9. The molecule has 0 fully saturated rings. The zero-order chi connectivity index (χ0) is 18.2. The summed E-state index contributed by atoms with van der Waals surface area (Å²) in [6, 6.07) is 6.65. The summed E-state index contributed by atoms with van der Waals surface area (Å²) in [7, 11) is -1.81. The van der Waals surface area contributed by atoms with Crippen molar-refractivity contribution in [1.29, 1.82) is 0 Å². The first-order chi connectivity index (χ1) is 11.3. The molecule has 0 heterocycles. The molecule has 0 radical (unpaired) electrons. The summed E-state index contributed by atoms with van der Waals surface area (Å²) in [6.45, 7) is 4.66. The standard InChI is InChI=1S/C17H28N2O4S/c1-5-7-8-13-18-17(20)16(6-2)23-15-11-9-14(10-12-15)19(3)24(4,21)22/h9-12,16H,5-8,13H2,1-4H3,(H,18,20). The van der Waals surface area contributed by atoms with Crippen molar-refractivity contribution in [3.05, 3.63) is 24.3 Å². The second-order valence-corrected chi connectivity index (χ2v) is 7.75. The van der Waals surface area contributed by atoms with Crippen LogP contribution in [-0.2, 0) is 14.8 Å². The Labute approximate surface area is 145 Å². The fourth-order valence-corrected chi connectivity index (χ4v) is 2.62. The number of nitrogens with one attached hydrogen (secondary N) is 1. The van der Waals surface area contributed by atoms with Gasteiger partial charge in [-0.25, -0.2) is 8.42 Å². The fourth-order valence-electron chi connectivity index (χ4n) is 2.11. The third kappa shape index (κ3) is 6.39. The van der Waals surface area contributed by atoms with Crippen LogP contribution >= 0.6 is 0 Å². The van der Waals surface area contributed by atoms with Gasteiger partial charge in [0.1, 0.15) is 5.75 Å². The predicted molar refractivity (Wildman–Crippen MR) is 96.9 cm³/mol. The maximum Gasteiger partial charge on any atom is 0.261 e. The number of anilines is 1. The lowest BCUT2D eigenvalue weighted by Gasteiger charge is -2.19. The summed E-state index contributed by atoms with van der Waals surface area (Å²) in [5, 5.41) is 2.89. The minimum absolute atomic E-state index is 0.120. The van der Waals surface area contributed by atoms with Gasteiger partial charge in [0.05, 0.1) is 11.9 Å². The molecule has 6 nitrogen and oxygen atoms in total. The summed E-state index contributed by atoms with van der Waals surface area (Å²) in [4.78, 5) is 12.1. The van der Waals surface area contributed by atoms with Gasteiger partial charge in [-0.1, -0.05) is 26.7 Å². The molecule has 7 heteroatoms. The molecule has 0 saturated heterocycles. The molecule has 0 bridgehead atoms. The van der Waals surface area contributed by atoms with Gasteiger partial charge in [-0.15, -0.1) is 0 Å². The molecule has 1 rings (SSSR count). The largest absolute Gasteiger partial charge is 0.481 e. The first-order valence-electron chi connectivity index (χ1n) is 8.27. The molecule has 1 aromatic carbocycles. The zero-order valence-corrected chi connectivity index (χ0v) is 15.7. The number of rotatable bonds is 10. The Morgan fingerprint density at radius 3 is 2.33 bits per heavy atom. The van der Waals surface area contributed by atoms with E-state index in [2.05, 4.69) is 12.2 Å². The van der Waals surface area contributed by atoms with Crippen LogP contribution in [0.2, 0.25) is 0 Å². The number of hydrogen-bond acceptors (Lipinski definition) is 4. The van der Waals surface area contributed by atoms with Crippen molar-refractivity contribution in [2.75, 3.05) is 24.2 Å². The molecule has 0 spiro atoms. The van der Waals surface area contributed by atoms with E-state index >= 15 is 0 Å². The topological polar surface area (TPSA) is 75.7 Å². The number of hydrogen-bond donors (Lipinski definition) is 1. The number of amides is 1. The summed E-state index contributed by atoms with van der Waals surface area (Å²) in [6.07, 6.45) is 4.32. The number of carbonyl (C=O) groups is 1. The number of nitrogens with zero attached hydrogens (tertiary/aromatic N) is 1. The Morgan fingerprint density at radius 2 is 1.83 bits per heavy atom. The third-order valence-corrected chi connectivity index (χ3v) is 4.92. The normalized spacial score (nSPS) is 12.5. The van der Waals surface area contributed by atoms with E-state index in [0.29, 0.717) is 24.4 Å². The van der Waals surface area contributed by atoms with Crippen LogP contribution in [0.15, 0.2) is 24.3 Å². The van der Waals surface area contributed by atoms with Crippen LogP contribution in [0.5, 0.6) is 5.75 Å². The van der Waals surface area contributed by atoms with Crippen LogP contribution in [0.3, 0.4) is 0 Å². The van der Waals surface area contributed by atoms with Gasteiger partial charge in [0, 0.05) is 13.6 Å². The smallest absolute Gasteiger partial charge is 0.261 e. The van der Waals surface area contributed by atoms with E-state index in [4.69, 9.17) is 4.74 Å². The van der Waals surface area contributed by atoms with Crippen molar-refractivity contribution < 1.29 is 17.9 Å². The molecular weight excluding hydrogens is 328 g/mol. The van der Waals surface area contributed by atoms with Gasteiger partial charge >= 0.3 is 0 Å². The van der Waals surface area contributed by atoms with Gasteiger partial charge in [-0.05, 0) is 37.1 Å². The SMILES string of the molecule is CCCCCNC(=O)C(CC)Oc1ccc(N(C)S(C)(=O)=O)cc1. The van der Waals surface area contributed by atoms with Crippen molar-refractivity contribution >= 4 is 21.6 Å². The first kappa shape index (κ1) is 20.3. The molecule has 0 aliphatic rings. The summed E-state index contributed by atoms with van der Waals surface area (Å²) < 4.78 is 29.9. The minimum atomic E-state index is -3.30. The third-order valence-electron chi connectivity index (χ3n) is 3.72. The van der Waals surface area contributed by atoms with E-state index < -0.39 is 16.1 Å². The van der Waals surface area contributed by atoms with Gasteiger partial charge in [0.2, 0.25) is 10.0 Å². The Bertz CT molecular complexity index is 614. The van der Waals surface area contributed by atoms with Crippen LogP contribution in [0, 0.1) is 0 Å². The lowest BCUT2D eigenvalue weighted by Crippen LogP contribution is -2.38. The summed E-state index contributed by atoms with van der Waals surface area (Å²) in [5.74, 6) is 0.419. The quantitative estimate of drug-likeness (QED) is 0.654. The Balaban J connectivity index is 2.64. The van der Waals surface area contributed by atoms with E-state index in [-0.39, 0.29) is 5.91 Å². The molecule has 0 aromatic heterocycles. The van der Waals surface area contributed by atoms with Crippen LogP contribution in [0.1, 0.15) is 39.5 Å². The Hall–Kier alpha value is -1.76. The highest BCUT2D eigenvalue weighted by molar-refractivity contribution is 7.92. The number of carbonyl (C=O) groups excluding carboxylic acids is 1. The molecule has 0 aliphatic heterocycles. The van der Waals surface area contributed by atoms with Gasteiger partial charge in [-0.3, -0.25) is 9.10 Å². The van der Waals surface area contributed by atoms with Gasteiger partial charge in [-0.2, -0.15) is 0 Å². The number of sulfonamides is 1. The maximum atomic E-state index is 12.1. The number of unbranched alkanes of at least 4 members (excludes halogenated alkanes) is 2. The first-order valence-corrected chi connectivity index (χ1v) is 10.1. The van der Waals surface area contributed by atoms with Crippen LogP contribution in [0.4, 0.5) is 5.69 Å². The van der Waals surface area contributed by atoms with Crippen LogP contribution in [-0.4, -0.2) is 40.3 Å². The van der Waals surface area contributed by atoms with E-state index in [9.17, 15) is 13.2 Å². The maximum absolute atomic E-state index is 12.1. The van der Waals surface area contributed by atoms with Gasteiger partial charge in [0.15, 0.2) is 6.10 Å². The average molecular weight is 356 g/mol. The molecule has 0 aliphatic carbocycles. The van der Waals surface area contributed by atoms with Gasteiger partial charge in [0.25, 0.3) is 5.91 Å². The number of benzene rings is 1. The predicted octanol–water partition coefficient (Wildman–Crippen LogP) is 2.55. The molecule has 1 N–H and O–H groups in total. The minimum Gasteiger partial charge on any atom is -0.481 e. The van der Waals surface area contributed by atoms with Gasteiger partial charge < -0.3 is 10.1 Å². The van der Waals surface area contributed by atoms with E-state index in [1.54, 1.807) is 24.3 Å². The highest BCUT2D eigenvalue weighted by Gasteiger charge is 2.18. The molecule has 24 heavy (non-hydrogen) atoms. The lowest BCUT2D eigenvalue weighted by molar-refractivity contribution is -0.128. The average Bonchev–Trinajstić information content (AvgIpc) is 2.55. The van der Waals surface area contributed by atoms with E-state index in [1.807, 2.05) is 6.92 Å². The molecule has 1 atom stereocenters.